The molecule has 3 aromatic rings. The van der Waals surface area contributed by atoms with E-state index in [1.807, 2.05) is 47.2 Å². The molecule has 0 radical (unpaired) electrons. The third-order valence-corrected chi connectivity index (χ3v) is 3.38. The van der Waals surface area contributed by atoms with Gasteiger partial charge in [0.2, 0.25) is 0 Å². The SMILES string of the molecule is COc1ccc(NCc2cnn3ccccc23)c(OC)c1. The van der Waals surface area contributed by atoms with Gasteiger partial charge in [-0.2, -0.15) is 5.10 Å². The summed E-state index contributed by atoms with van der Waals surface area (Å²) in [5.74, 6) is 1.53. The van der Waals surface area contributed by atoms with Crippen LogP contribution >= 0.6 is 0 Å². The van der Waals surface area contributed by atoms with Crippen LogP contribution in [0, 0.1) is 0 Å². The van der Waals surface area contributed by atoms with Crippen molar-refractivity contribution in [2.45, 2.75) is 6.54 Å². The normalized spacial score (nSPS) is 10.6. The first kappa shape index (κ1) is 13.3. The minimum Gasteiger partial charge on any atom is -0.497 e. The van der Waals surface area contributed by atoms with Gasteiger partial charge in [-0.05, 0) is 24.3 Å². The molecule has 0 unspecified atom stereocenters. The van der Waals surface area contributed by atoms with Crippen molar-refractivity contribution in [2.75, 3.05) is 19.5 Å². The summed E-state index contributed by atoms with van der Waals surface area (Å²) in [6, 6.07) is 11.7. The van der Waals surface area contributed by atoms with Crippen LogP contribution in [0.25, 0.3) is 5.52 Å². The molecule has 0 saturated heterocycles. The summed E-state index contributed by atoms with van der Waals surface area (Å²) in [7, 11) is 3.29. The number of methoxy groups -OCH3 is 2. The summed E-state index contributed by atoms with van der Waals surface area (Å²) in [4.78, 5) is 0. The second-order valence-corrected chi connectivity index (χ2v) is 4.62. The zero-order chi connectivity index (χ0) is 14.7. The van der Waals surface area contributed by atoms with E-state index in [2.05, 4.69) is 16.5 Å². The number of ether oxygens (including phenoxy) is 2. The number of pyridine rings is 1. The quantitative estimate of drug-likeness (QED) is 0.782. The predicted molar refractivity (Wildman–Crippen MR) is 82.1 cm³/mol. The fourth-order valence-corrected chi connectivity index (χ4v) is 2.26. The smallest absolute Gasteiger partial charge is 0.145 e. The van der Waals surface area contributed by atoms with E-state index in [1.54, 1.807) is 14.2 Å². The van der Waals surface area contributed by atoms with Crippen molar-refractivity contribution >= 4 is 11.2 Å². The van der Waals surface area contributed by atoms with Crippen molar-refractivity contribution in [1.82, 2.24) is 9.61 Å². The van der Waals surface area contributed by atoms with Crippen LogP contribution in [-0.2, 0) is 6.54 Å². The standard InChI is InChI=1S/C16H17N3O2/c1-20-13-6-7-14(16(9-13)21-2)17-10-12-11-18-19-8-4-3-5-15(12)19/h3-9,11,17H,10H2,1-2H3. The van der Waals surface area contributed by atoms with Crippen molar-refractivity contribution < 1.29 is 9.47 Å². The topological polar surface area (TPSA) is 47.8 Å². The Hall–Kier alpha value is -2.69. The van der Waals surface area contributed by atoms with Gasteiger partial charge in [-0.15, -0.1) is 0 Å². The molecule has 3 rings (SSSR count). The van der Waals surface area contributed by atoms with E-state index in [4.69, 9.17) is 9.47 Å². The second-order valence-electron chi connectivity index (χ2n) is 4.62. The van der Waals surface area contributed by atoms with Gasteiger partial charge in [-0.3, -0.25) is 0 Å². The van der Waals surface area contributed by atoms with Crippen LogP contribution in [0.15, 0.2) is 48.8 Å². The minimum atomic E-state index is 0.677. The Kier molecular flexibility index (Phi) is 3.64. The summed E-state index contributed by atoms with van der Waals surface area (Å²) in [6.45, 7) is 0.677. The maximum Gasteiger partial charge on any atom is 0.145 e. The summed E-state index contributed by atoms with van der Waals surface area (Å²) in [6.07, 6.45) is 3.81. The first-order chi connectivity index (χ1) is 10.3. The molecule has 0 aliphatic rings. The van der Waals surface area contributed by atoms with Crippen molar-refractivity contribution in [2.24, 2.45) is 0 Å². The Labute approximate surface area is 123 Å². The lowest BCUT2D eigenvalue weighted by Crippen LogP contribution is -2.01. The average molecular weight is 283 g/mol. The van der Waals surface area contributed by atoms with Crippen LogP contribution < -0.4 is 14.8 Å². The van der Waals surface area contributed by atoms with Gasteiger partial charge in [-0.1, -0.05) is 6.07 Å². The van der Waals surface area contributed by atoms with Crippen LogP contribution in [-0.4, -0.2) is 23.8 Å². The molecule has 0 fully saturated rings. The molecule has 21 heavy (non-hydrogen) atoms. The molecule has 0 saturated carbocycles. The van der Waals surface area contributed by atoms with Gasteiger partial charge in [0.05, 0.1) is 31.6 Å². The molecule has 0 amide bonds. The Balaban J connectivity index is 1.81. The molecule has 2 aromatic heterocycles. The molecule has 1 N–H and O–H groups in total. The average Bonchev–Trinajstić information content (AvgIpc) is 2.96. The van der Waals surface area contributed by atoms with E-state index in [0.717, 1.165) is 28.3 Å². The molecule has 108 valence electrons. The van der Waals surface area contributed by atoms with Gasteiger partial charge < -0.3 is 14.8 Å². The number of rotatable bonds is 5. The maximum absolute atomic E-state index is 5.38. The Bertz CT molecular complexity index is 752. The fourth-order valence-electron chi connectivity index (χ4n) is 2.26. The molecule has 0 spiro atoms. The molecule has 0 aliphatic carbocycles. The number of benzene rings is 1. The lowest BCUT2D eigenvalue weighted by molar-refractivity contribution is 0.395. The lowest BCUT2D eigenvalue weighted by atomic mass is 10.2. The number of hydrogen-bond donors (Lipinski definition) is 1. The van der Waals surface area contributed by atoms with E-state index in [-0.39, 0.29) is 0 Å². The number of nitrogens with one attached hydrogen (secondary N) is 1. The number of aromatic nitrogens is 2. The summed E-state index contributed by atoms with van der Waals surface area (Å²) >= 11 is 0. The number of nitrogens with zero attached hydrogens (tertiary/aromatic N) is 2. The first-order valence-electron chi connectivity index (χ1n) is 6.69. The van der Waals surface area contributed by atoms with E-state index in [1.165, 1.54) is 0 Å². The van der Waals surface area contributed by atoms with Crippen molar-refractivity contribution in [3.63, 3.8) is 0 Å². The van der Waals surface area contributed by atoms with E-state index in [9.17, 15) is 0 Å². The molecular formula is C16H17N3O2. The highest BCUT2D eigenvalue weighted by Gasteiger charge is 2.07. The molecule has 2 heterocycles. The monoisotopic (exact) mass is 283 g/mol. The lowest BCUT2D eigenvalue weighted by Gasteiger charge is -2.12. The van der Waals surface area contributed by atoms with Gasteiger partial charge >= 0.3 is 0 Å². The third-order valence-electron chi connectivity index (χ3n) is 3.38. The maximum atomic E-state index is 5.38. The van der Waals surface area contributed by atoms with Crippen molar-refractivity contribution in [1.29, 1.82) is 0 Å². The molecule has 0 atom stereocenters. The van der Waals surface area contributed by atoms with Crippen LogP contribution in [0.1, 0.15) is 5.56 Å². The predicted octanol–water partition coefficient (Wildman–Crippen LogP) is 2.96. The van der Waals surface area contributed by atoms with Gasteiger partial charge in [-0.25, -0.2) is 4.52 Å². The van der Waals surface area contributed by atoms with Crippen LogP contribution in [0.3, 0.4) is 0 Å². The summed E-state index contributed by atoms with van der Waals surface area (Å²) in [5, 5.41) is 7.70. The molecular weight excluding hydrogens is 266 g/mol. The highest BCUT2D eigenvalue weighted by molar-refractivity contribution is 5.61. The molecule has 5 heteroatoms. The van der Waals surface area contributed by atoms with Crippen LogP contribution in [0.4, 0.5) is 5.69 Å². The van der Waals surface area contributed by atoms with Gasteiger partial charge in [0.1, 0.15) is 11.5 Å². The highest BCUT2D eigenvalue weighted by atomic mass is 16.5. The van der Waals surface area contributed by atoms with Gasteiger partial charge in [0.15, 0.2) is 0 Å². The first-order valence-corrected chi connectivity index (χ1v) is 6.69. The fraction of sp³-hybridized carbons (Fsp3) is 0.188. The molecule has 1 aromatic carbocycles. The zero-order valence-electron chi connectivity index (χ0n) is 12.0. The number of hydrogen-bond acceptors (Lipinski definition) is 4. The van der Waals surface area contributed by atoms with Crippen molar-refractivity contribution in [3.8, 4) is 11.5 Å². The molecule has 0 bridgehead atoms. The Morgan fingerprint density at radius 1 is 1.14 bits per heavy atom. The van der Waals surface area contributed by atoms with Crippen molar-refractivity contribution in [3.05, 3.63) is 54.4 Å². The summed E-state index contributed by atoms with van der Waals surface area (Å²) < 4.78 is 12.4. The van der Waals surface area contributed by atoms with E-state index in [0.29, 0.717) is 6.54 Å². The van der Waals surface area contributed by atoms with E-state index >= 15 is 0 Å². The van der Waals surface area contributed by atoms with Gasteiger partial charge in [0.25, 0.3) is 0 Å². The largest absolute Gasteiger partial charge is 0.497 e. The number of fused-ring (bicyclic) bond motifs is 1. The van der Waals surface area contributed by atoms with Crippen LogP contribution in [0.2, 0.25) is 0 Å². The Morgan fingerprint density at radius 2 is 2.05 bits per heavy atom. The highest BCUT2D eigenvalue weighted by Crippen LogP contribution is 2.29. The number of anilines is 1. The van der Waals surface area contributed by atoms with Crippen LogP contribution in [0.5, 0.6) is 11.5 Å². The summed E-state index contributed by atoms with van der Waals surface area (Å²) in [5.41, 5.74) is 3.15. The molecule has 0 aliphatic heterocycles. The van der Waals surface area contributed by atoms with Gasteiger partial charge in [0, 0.05) is 24.4 Å². The zero-order valence-corrected chi connectivity index (χ0v) is 12.0. The van der Waals surface area contributed by atoms with E-state index < -0.39 is 0 Å². The second kappa shape index (κ2) is 5.75. The Morgan fingerprint density at radius 3 is 2.86 bits per heavy atom. The molecule has 5 nitrogen and oxygen atoms in total. The third kappa shape index (κ3) is 2.63. The minimum absolute atomic E-state index is 0.677.